The Balaban J connectivity index is 2.46. The van der Waals surface area contributed by atoms with Crippen molar-refractivity contribution in [2.75, 3.05) is 0 Å². The Labute approximate surface area is 127 Å². The molecular formula is C18H14N2O2. The summed E-state index contributed by atoms with van der Waals surface area (Å²) < 4.78 is 0. The molecule has 0 heterocycles. The predicted octanol–water partition coefficient (Wildman–Crippen LogP) is 2.70. The fraction of sp³-hybridized carbons (Fsp3) is 0. The highest BCUT2D eigenvalue weighted by atomic mass is 16.1. The lowest BCUT2D eigenvalue weighted by Crippen LogP contribution is -2.14. The number of hydrogen-bond acceptors (Lipinski definition) is 2. The smallest absolute Gasteiger partial charge is 0.249 e. The van der Waals surface area contributed by atoms with Crippen molar-refractivity contribution in [2.45, 2.75) is 0 Å². The molecule has 3 aromatic rings. The zero-order valence-corrected chi connectivity index (χ0v) is 11.7. The summed E-state index contributed by atoms with van der Waals surface area (Å²) in [6.45, 7) is 0. The molecular weight excluding hydrogens is 276 g/mol. The Kier molecular flexibility index (Phi) is 3.35. The molecule has 0 aliphatic heterocycles. The molecule has 2 amide bonds. The summed E-state index contributed by atoms with van der Waals surface area (Å²) in [7, 11) is 0. The molecule has 0 aliphatic rings. The summed E-state index contributed by atoms with van der Waals surface area (Å²) in [5, 5.41) is 1.28. The molecule has 0 radical (unpaired) electrons. The lowest BCUT2D eigenvalue weighted by atomic mass is 9.91. The lowest BCUT2D eigenvalue weighted by molar-refractivity contribution is 0.0992. The van der Waals surface area contributed by atoms with Crippen LogP contribution in [0.25, 0.3) is 21.9 Å². The van der Waals surface area contributed by atoms with Crippen LogP contribution in [-0.2, 0) is 0 Å². The molecule has 4 N–H and O–H groups in total. The van der Waals surface area contributed by atoms with Gasteiger partial charge in [-0.3, -0.25) is 9.59 Å². The maximum atomic E-state index is 11.8. The Morgan fingerprint density at radius 2 is 1.36 bits per heavy atom. The van der Waals surface area contributed by atoms with Crippen LogP contribution in [0.1, 0.15) is 20.7 Å². The van der Waals surface area contributed by atoms with E-state index in [4.69, 9.17) is 11.5 Å². The van der Waals surface area contributed by atoms with Crippen LogP contribution in [0.5, 0.6) is 0 Å². The van der Waals surface area contributed by atoms with Crippen LogP contribution in [0, 0.1) is 0 Å². The molecule has 0 saturated heterocycles. The third-order valence-electron chi connectivity index (χ3n) is 3.66. The molecule has 0 bridgehead atoms. The highest BCUT2D eigenvalue weighted by Gasteiger charge is 2.16. The number of benzene rings is 3. The van der Waals surface area contributed by atoms with Crippen LogP contribution < -0.4 is 11.5 Å². The standard InChI is InChI=1S/C18H14N2O2/c19-17(21)14-10-9-12(11-5-2-1-3-6-11)16-13(14)7-4-8-15(16)18(20)22/h1-10H,(H2,19,21)(H2,20,22). The monoisotopic (exact) mass is 290 g/mol. The van der Waals surface area contributed by atoms with E-state index >= 15 is 0 Å². The van der Waals surface area contributed by atoms with Crippen molar-refractivity contribution in [3.8, 4) is 11.1 Å². The van der Waals surface area contributed by atoms with Gasteiger partial charge < -0.3 is 11.5 Å². The average Bonchev–Trinajstić information content (AvgIpc) is 2.53. The zero-order chi connectivity index (χ0) is 15.7. The Bertz CT molecular complexity index is 886. The molecule has 0 aliphatic carbocycles. The van der Waals surface area contributed by atoms with Crippen LogP contribution in [0.2, 0.25) is 0 Å². The van der Waals surface area contributed by atoms with Gasteiger partial charge in [-0.25, -0.2) is 0 Å². The summed E-state index contributed by atoms with van der Waals surface area (Å²) in [5.41, 5.74) is 13.5. The second-order valence-corrected chi connectivity index (χ2v) is 4.98. The molecule has 108 valence electrons. The van der Waals surface area contributed by atoms with Crippen LogP contribution in [0.3, 0.4) is 0 Å². The number of rotatable bonds is 3. The molecule has 0 saturated carbocycles. The van der Waals surface area contributed by atoms with Gasteiger partial charge >= 0.3 is 0 Å². The molecule has 0 unspecified atom stereocenters. The highest BCUT2D eigenvalue weighted by molar-refractivity contribution is 6.17. The SMILES string of the molecule is NC(=O)c1ccc(-c2ccccc2)c2c(C(N)=O)cccc12. The van der Waals surface area contributed by atoms with E-state index in [0.29, 0.717) is 21.9 Å². The molecule has 4 nitrogen and oxygen atoms in total. The van der Waals surface area contributed by atoms with Crippen LogP contribution >= 0.6 is 0 Å². The van der Waals surface area contributed by atoms with Crippen molar-refractivity contribution in [3.63, 3.8) is 0 Å². The van der Waals surface area contributed by atoms with Crippen LogP contribution in [0.4, 0.5) is 0 Å². The second-order valence-electron chi connectivity index (χ2n) is 4.98. The maximum Gasteiger partial charge on any atom is 0.249 e. The summed E-state index contributed by atoms with van der Waals surface area (Å²) in [4.78, 5) is 23.4. The van der Waals surface area contributed by atoms with E-state index in [0.717, 1.165) is 11.1 Å². The van der Waals surface area contributed by atoms with E-state index in [1.54, 1.807) is 30.3 Å². The van der Waals surface area contributed by atoms with E-state index < -0.39 is 11.8 Å². The molecule has 22 heavy (non-hydrogen) atoms. The number of hydrogen-bond donors (Lipinski definition) is 2. The van der Waals surface area contributed by atoms with Crippen molar-refractivity contribution < 1.29 is 9.59 Å². The van der Waals surface area contributed by atoms with Crippen molar-refractivity contribution in [2.24, 2.45) is 11.5 Å². The topological polar surface area (TPSA) is 86.2 Å². The summed E-state index contributed by atoms with van der Waals surface area (Å²) in [5.74, 6) is -1.07. The van der Waals surface area contributed by atoms with Crippen molar-refractivity contribution in [1.29, 1.82) is 0 Å². The zero-order valence-electron chi connectivity index (χ0n) is 11.7. The van der Waals surface area contributed by atoms with Crippen LogP contribution in [0.15, 0.2) is 60.7 Å². The molecule has 3 aromatic carbocycles. The number of amides is 2. The molecule has 3 rings (SSSR count). The Hall–Kier alpha value is -3.14. The average molecular weight is 290 g/mol. The minimum Gasteiger partial charge on any atom is -0.366 e. The molecule has 0 spiro atoms. The van der Waals surface area contributed by atoms with E-state index in [9.17, 15) is 9.59 Å². The van der Waals surface area contributed by atoms with Gasteiger partial charge in [0.25, 0.3) is 0 Å². The fourth-order valence-electron chi connectivity index (χ4n) is 2.69. The third-order valence-corrected chi connectivity index (χ3v) is 3.66. The first kappa shape index (κ1) is 13.8. The largest absolute Gasteiger partial charge is 0.366 e. The van der Waals surface area contributed by atoms with Gasteiger partial charge in [-0.15, -0.1) is 0 Å². The van der Waals surface area contributed by atoms with Gasteiger partial charge in [0, 0.05) is 16.5 Å². The minimum atomic E-state index is -0.538. The number of carbonyl (C=O) groups excluding carboxylic acids is 2. The van der Waals surface area contributed by atoms with Gasteiger partial charge in [0.05, 0.1) is 0 Å². The Morgan fingerprint density at radius 1 is 0.682 bits per heavy atom. The summed E-state index contributed by atoms with van der Waals surface area (Å²) in [6.07, 6.45) is 0. The molecule has 4 heteroatoms. The molecule has 0 fully saturated rings. The van der Waals surface area contributed by atoms with Gasteiger partial charge in [-0.2, -0.15) is 0 Å². The van der Waals surface area contributed by atoms with E-state index in [1.807, 2.05) is 30.3 Å². The van der Waals surface area contributed by atoms with Gasteiger partial charge in [-0.1, -0.05) is 48.5 Å². The van der Waals surface area contributed by atoms with Crippen molar-refractivity contribution in [3.05, 3.63) is 71.8 Å². The van der Waals surface area contributed by atoms with E-state index in [2.05, 4.69) is 0 Å². The molecule has 0 atom stereocenters. The minimum absolute atomic E-state index is 0.373. The molecule has 0 aromatic heterocycles. The first-order chi connectivity index (χ1) is 10.6. The number of fused-ring (bicyclic) bond motifs is 1. The highest BCUT2D eigenvalue weighted by Crippen LogP contribution is 2.33. The number of nitrogens with two attached hydrogens (primary N) is 2. The van der Waals surface area contributed by atoms with Gasteiger partial charge in [-0.05, 0) is 28.6 Å². The van der Waals surface area contributed by atoms with Crippen LogP contribution in [-0.4, -0.2) is 11.8 Å². The van der Waals surface area contributed by atoms with Gasteiger partial charge in [0.15, 0.2) is 0 Å². The van der Waals surface area contributed by atoms with E-state index in [1.165, 1.54) is 0 Å². The summed E-state index contributed by atoms with van der Waals surface area (Å²) in [6, 6.07) is 18.2. The first-order valence-corrected chi connectivity index (χ1v) is 6.80. The quantitative estimate of drug-likeness (QED) is 0.777. The van der Waals surface area contributed by atoms with Gasteiger partial charge in [0.2, 0.25) is 11.8 Å². The second kappa shape index (κ2) is 5.33. The Morgan fingerprint density at radius 3 is 2.00 bits per heavy atom. The van der Waals surface area contributed by atoms with Crippen molar-refractivity contribution >= 4 is 22.6 Å². The fourth-order valence-corrected chi connectivity index (χ4v) is 2.69. The van der Waals surface area contributed by atoms with E-state index in [-0.39, 0.29) is 0 Å². The maximum absolute atomic E-state index is 11.8. The third kappa shape index (κ3) is 2.20. The van der Waals surface area contributed by atoms with Gasteiger partial charge in [0.1, 0.15) is 0 Å². The normalized spacial score (nSPS) is 10.5. The predicted molar refractivity (Wildman–Crippen MR) is 86.4 cm³/mol. The number of carbonyl (C=O) groups is 2. The first-order valence-electron chi connectivity index (χ1n) is 6.80. The lowest BCUT2D eigenvalue weighted by Gasteiger charge is -2.12. The summed E-state index contributed by atoms with van der Waals surface area (Å²) >= 11 is 0. The number of primary amides is 2. The van der Waals surface area contributed by atoms with Crippen molar-refractivity contribution in [1.82, 2.24) is 0 Å².